The Bertz CT molecular complexity index is 251. The number of fused-ring (bicyclic) bond motifs is 1. The molecule has 0 radical (unpaired) electrons. The fourth-order valence-electron chi connectivity index (χ4n) is 2.65. The van der Waals surface area contributed by atoms with E-state index in [0.717, 1.165) is 30.6 Å². The SMILES string of the molecule is O=C(N1CCC2CCCC21)C(F)(F)F. The van der Waals surface area contributed by atoms with Crippen molar-refractivity contribution in [3.63, 3.8) is 0 Å². The highest BCUT2D eigenvalue weighted by molar-refractivity contribution is 5.82. The Morgan fingerprint density at radius 1 is 1.21 bits per heavy atom. The molecule has 1 amide bonds. The lowest BCUT2D eigenvalue weighted by Gasteiger charge is -2.24. The molecule has 2 rings (SSSR count). The van der Waals surface area contributed by atoms with Crippen molar-refractivity contribution in [1.29, 1.82) is 0 Å². The molecule has 2 fully saturated rings. The number of carbonyl (C=O) groups excluding carboxylic acids is 1. The summed E-state index contributed by atoms with van der Waals surface area (Å²) in [5, 5.41) is 0. The van der Waals surface area contributed by atoms with E-state index in [4.69, 9.17) is 0 Å². The van der Waals surface area contributed by atoms with Crippen molar-refractivity contribution >= 4 is 5.91 Å². The molecule has 2 nitrogen and oxygen atoms in total. The molecule has 0 aromatic carbocycles. The van der Waals surface area contributed by atoms with Gasteiger partial charge >= 0.3 is 12.1 Å². The molecule has 80 valence electrons. The first-order valence-electron chi connectivity index (χ1n) is 4.88. The molecule has 0 aromatic rings. The highest BCUT2D eigenvalue weighted by atomic mass is 19.4. The summed E-state index contributed by atoms with van der Waals surface area (Å²) in [6, 6.07) is -0.135. The number of hydrogen-bond acceptors (Lipinski definition) is 1. The lowest BCUT2D eigenvalue weighted by atomic mass is 10.0. The Morgan fingerprint density at radius 2 is 1.93 bits per heavy atom. The van der Waals surface area contributed by atoms with Crippen LogP contribution in [0.15, 0.2) is 0 Å². The zero-order valence-electron chi connectivity index (χ0n) is 7.68. The molecule has 0 spiro atoms. The van der Waals surface area contributed by atoms with Crippen LogP contribution in [0.1, 0.15) is 25.7 Å². The summed E-state index contributed by atoms with van der Waals surface area (Å²) in [5.74, 6) is -1.33. The number of rotatable bonds is 0. The number of likely N-dealkylation sites (tertiary alicyclic amines) is 1. The van der Waals surface area contributed by atoms with Gasteiger partial charge in [-0.25, -0.2) is 0 Å². The maximum atomic E-state index is 12.2. The van der Waals surface area contributed by atoms with E-state index in [1.54, 1.807) is 0 Å². The van der Waals surface area contributed by atoms with Crippen molar-refractivity contribution in [2.45, 2.75) is 37.9 Å². The summed E-state index contributed by atoms with van der Waals surface area (Å²) < 4.78 is 36.5. The van der Waals surface area contributed by atoms with Gasteiger partial charge in [-0.1, -0.05) is 6.42 Å². The van der Waals surface area contributed by atoms with Gasteiger partial charge in [-0.05, 0) is 25.2 Å². The molecule has 1 aliphatic heterocycles. The molecule has 5 heteroatoms. The van der Waals surface area contributed by atoms with E-state index in [0.29, 0.717) is 5.92 Å². The average molecular weight is 207 g/mol. The van der Waals surface area contributed by atoms with Crippen molar-refractivity contribution < 1.29 is 18.0 Å². The summed E-state index contributed by atoms with van der Waals surface area (Å²) in [5.41, 5.74) is 0. The molecular weight excluding hydrogens is 195 g/mol. The molecule has 1 aliphatic carbocycles. The van der Waals surface area contributed by atoms with Gasteiger partial charge in [0.25, 0.3) is 0 Å². The Balaban J connectivity index is 2.09. The van der Waals surface area contributed by atoms with Gasteiger partial charge in [0, 0.05) is 12.6 Å². The molecule has 0 bridgehead atoms. The summed E-state index contributed by atoms with van der Waals surface area (Å²) in [6.45, 7) is 0.285. The van der Waals surface area contributed by atoms with Crippen molar-refractivity contribution in [1.82, 2.24) is 4.90 Å². The van der Waals surface area contributed by atoms with Crippen LogP contribution in [0.5, 0.6) is 0 Å². The molecule has 0 aromatic heterocycles. The Kier molecular flexibility index (Phi) is 2.20. The van der Waals surface area contributed by atoms with Gasteiger partial charge in [0.15, 0.2) is 0 Å². The van der Waals surface area contributed by atoms with E-state index in [1.807, 2.05) is 0 Å². The van der Waals surface area contributed by atoms with Crippen molar-refractivity contribution in [2.75, 3.05) is 6.54 Å². The first-order chi connectivity index (χ1) is 6.50. The smallest absolute Gasteiger partial charge is 0.332 e. The van der Waals surface area contributed by atoms with Gasteiger partial charge in [-0.3, -0.25) is 4.79 Å². The van der Waals surface area contributed by atoms with E-state index < -0.39 is 12.1 Å². The minimum absolute atomic E-state index is 0.135. The predicted octanol–water partition coefficient (Wildman–Crippen LogP) is 1.95. The summed E-state index contributed by atoms with van der Waals surface area (Å²) in [4.78, 5) is 12.0. The lowest BCUT2D eigenvalue weighted by molar-refractivity contribution is -0.186. The van der Waals surface area contributed by atoms with Crippen molar-refractivity contribution in [3.8, 4) is 0 Å². The third-order valence-corrected chi connectivity index (χ3v) is 3.26. The molecule has 2 unspecified atom stereocenters. The zero-order valence-corrected chi connectivity index (χ0v) is 7.68. The topological polar surface area (TPSA) is 20.3 Å². The predicted molar refractivity (Wildman–Crippen MR) is 43.5 cm³/mol. The van der Waals surface area contributed by atoms with Gasteiger partial charge in [0.05, 0.1) is 0 Å². The highest BCUT2D eigenvalue weighted by Crippen LogP contribution is 2.39. The summed E-state index contributed by atoms with van der Waals surface area (Å²) in [6.07, 6.45) is -1.28. The molecule has 1 heterocycles. The molecule has 2 aliphatic rings. The normalized spacial score (nSPS) is 32.1. The number of alkyl halides is 3. The fraction of sp³-hybridized carbons (Fsp3) is 0.889. The van der Waals surface area contributed by atoms with E-state index >= 15 is 0 Å². The van der Waals surface area contributed by atoms with Crippen LogP contribution in [0.25, 0.3) is 0 Å². The van der Waals surface area contributed by atoms with E-state index in [-0.39, 0.29) is 12.6 Å². The van der Waals surface area contributed by atoms with Crippen molar-refractivity contribution in [2.24, 2.45) is 5.92 Å². The number of halogens is 3. The second-order valence-corrected chi connectivity index (χ2v) is 4.04. The van der Waals surface area contributed by atoms with Crippen LogP contribution < -0.4 is 0 Å². The summed E-state index contributed by atoms with van der Waals surface area (Å²) in [7, 11) is 0. The van der Waals surface area contributed by atoms with E-state index in [1.165, 1.54) is 0 Å². The quantitative estimate of drug-likeness (QED) is 0.594. The fourth-order valence-corrected chi connectivity index (χ4v) is 2.65. The number of hydrogen-bond donors (Lipinski definition) is 0. The minimum Gasteiger partial charge on any atom is -0.332 e. The highest BCUT2D eigenvalue weighted by Gasteiger charge is 2.49. The maximum absolute atomic E-state index is 12.2. The molecule has 1 saturated heterocycles. The first-order valence-corrected chi connectivity index (χ1v) is 4.88. The van der Waals surface area contributed by atoms with Gasteiger partial charge in [0.1, 0.15) is 0 Å². The van der Waals surface area contributed by atoms with Crippen LogP contribution >= 0.6 is 0 Å². The molecular formula is C9H12F3NO. The minimum atomic E-state index is -4.70. The zero-order chi connectivity index (χ0) is 10.3. The van der Waals surface area contributed by atoms with Gasteiger partial charge in [-0.2, -0.15) is 13.2 Å². The van der Waals surface area contributed by atoms with Crippen LogP contribution in [0.4, 0.5) is 13.2 Å². The van der Waals surface area contributed by atoms with Gasteiger partial charge in [-0.15, -0.1) is 0 Å². The Morgan fingerprint density at radius 3 is 2.57 bits per heavy atom. The third-order valence-electron chi connectivity index (χ3n) is 3.26. The standard InChI is InChI=1S/C9H12F3NO/c10-9(11,12)8(14)13-5-4-6-2-1-3-7(6)13/h6-7H,1-5H2. The molecule has 1 saturated carbocycles. The van der Waals surface area contributed by atoms with Crippen LogP contribution in [0, 0.1) is 5.92 Å². The number of nitrogens with zero attached hydrogens (tertiary/aromatic N) is 1. The average Bonchev–Trinajstić information content (AvgIpc) is 2.59. The molecule has 2 atom stereocenters. The van der Waals surface area contributed by atoms with E-state index in [2.05, 4.69) is 0 Å². The van der Waals surface area contributed by atoms with Crippen LogP contribution in [-0.4, -0.2) is 29.6 Å². The lowest BCUT2D eigenvalue weighted by Crippen LogP contribution is -2.44. The first kappa shape index (κ1) is 9.80. The third kappa shape index (κ3) is 1.48. The van der Waals surface area contributed by atoms with Gasteiger partial charge < -0.3 is 4.90 Å². The summed E-state index contributed by atoms with van der Waals surface area (Å²) >= 11 is 0. The monoisotopic (exact) mass is 207 g/mol. The Labute approximate surface area is 80.1 Å². The Hall–Kier alpha value is -0.740. The van der Waals surface area contributed by atoms with E-state index in [9.17, 15) is 18.0 Å². The maximum Gasteiger partial charge on any atom is 0.471 e. The number of amides is 1. The van der Waals surface area contributed by atoms with Gasteiger partial charge in [0.2, 0.25) is 0 Å². The second kappa shape index (κ2) is 3.14. The second-order valence-electron chi connectivity index (χ2n) is 4.04. The van der Waals surface area contributed by atoms with Crippen LogP contribution in [0.2, 0.25) is 0 Å². The molecule has 0 N–H and O–H groups in total. The van der Waals surface area contributed by atoms with Crippen LogP contribution in [-0.2, 0) is 4.79 Å². The number of carbonyl (C=O) groups is 1. The largest absolute Gasteiger partial charge is 0.471 e. The van der Waals surface area contributed by atoms with Crippen LogP contribution in [0.3, 0.4) is 0 Å². The molecule has 14 heavy (non-hydrogen) atoms. The van der Waals surface area contributed by atoms with Crippen molar-refractivity contribution in [3.05, 3.63) is 0 Å².